The van der Waals surface area contributed by atoms with Crippen LogP contribution in [0.15, 0.2) is 18.2 Å². The quantitative estimate of drug-likeness (QED) is 0.880. The maximum absolute atomic E-state index is 11.8. The van der Waals surface area contributed by atoms with Crippen molar-refractivity contribution in [2.24, 2.45) is 13.0 Å². The van der Waals surface area contributed by atoms with Crippen LogP contribution >= 0.6 is 0 Å². The number of carboxylic acids is 2. The van der Waals surface area contributed by atoms with Gasteiger partial charge < -0.3 is 19.7 Å². The molecule has 1 aromatic carbocycles. The minimum atomic E-state index is -0.907. The van der Waals surface area contributed by atoms with Gasteiger partial charge in [-0.05, 0) is 37.1 Å². The van der Waals surface area contributed by atoms with Crippen molar-refractivity contribution in [2.75, 3.05) is 13.6 Å². The van der Waals surface area contributed by atoms with E-state index in [1.165, 1.54) is 0 Å². The van der Waals surface area contributed by atoms with Crippen molar-refractivity contribution in [3.05, 3.63) is 35.0 Å². The van der Waals surface area contributed by atoms with Gasteiger partial charge >= 0.3 is 11.9 Å². The average Bonchev–Trinajstić information content (AvgIpc) is 2.82. The molecule has 2 heterocycles. The molecule has 2 aromatic rings. The summed E-state index contributed by atoms with van der Waals surface area (Å²) in [4.78, 5) is 25.4. The van der Waals surface area contributed by atoms with E-state index in [4.69, 9.17) is 0 Å². The molecule has 0 bridgehead atoms. The van der Waals surface area contributed by atoms with Crippen LogP contribution in [0, 0.1) is 5.92 Å². The summed E-state index contributed by atoms with van der Waals surface area (Å²) in [5.74, 6) is -1.91. The van der Waals surface area contributed by atoms with Crippen LogP contribution in [-0.4, -0.2) is 51.3 Å². The SMILES string of the molecule is CN1CC(C(=O)O)C[C@@H]2c3cccc4c3c(c(C(=O)O)n4C)C[C@H]21. The van der Waals surface area contributed by atoms with Crippen molar-refractivity contribution >= 4 is 22.8 Å². The van der Waals surface area contributed by atoms with Crippen LogP contribution in [-0.2, 0) is 18.3 Å². The molecule has 6 heteroatoms. The number of hydrogen-bond acceptors (Lipinski definition) is 3. The molecule has 1 aliphatic heterocycles. The predicted octanol–water partition coefficient (Wildman–Crippen LogP) is 1.92. The second-order valence-electron chi connectivity index (χ2n) is 7.02. The minimum Gasteiger partial charge on any atom is -0.481 e. The van der Waals surface area contributed by atoms with E-state index in [2.05, 4.69) is 4.90 Å². The fourth-order valence-electron chi connectivity index (χ4n) is 4.74. The molecule has 1 aliphatic carbocycles. The molecule has 126 valence electrons. The van der Waals surface area contributed by atoms with Gasteiger partial charge in [-0.25, -0.2) is 4.79 Å². The van der Waals surface area contributed by atoms with Crippen molar-refractivity contribution in [1.82, 2.24) is 9.47 Å². The normalized spacial score (nSPS) is 26.3. The van der Waals surface area contributed by atoms with E-state index < -0.39 is 11.9 Å². The van der Waals surface area contributed by atoms with E-state index in [-0.39, 0.29) is 17.9 Å². The fourth-order valence-corrected chi connectivity index (χ4v) is 4.74. The summed E-state index contributed by atoms with van der Waals surface area (Å²) in [5, 5.41) is 20.1. The van der Waals surface area contributed by atoms with Gasteiger partial charge in [0.15, 0.2) is 0 Å². The van der Waals surface area contributed by atoms with Crippen molar-refractivity contribution < 1.29 is 19.8 Å². The molecule has 2 aliphatic rings. The highest BCUT2D eigenvalue weighted by atomic mass is 16.4. The number of aromatic nitrogens is 1. The zero-order valence-corrected chi connectivity index (χ0v) is 13.7. The number of aromatic carboxylic acids is 1. The van der Waals surface area contributed by atoms with Gasteiger partial charge in [-0.2, -0.15) is 0 Å². The smallest absolute Gasteiger partial charge is 0.352 e. The molecule has 0 amide bonds. The summed E-state index contributed by atoms with van der Waals surface area (Å²) in [6.45, 7) is 0.511. The zero-order chi connectivity index (χ0) is 17.2. The van der Waals surface area contributed by atoms with Gasteiger partial charge in [0, 0.05) is 36.5 Å². The molecule has 1 saturated heterocycles. The van der Waals surface area contributed by atoms with E-state index >= 15 is 0 Å². The van der Waals surface area contributed by atoms with Gasteiger partial charge in [0.05, 0.1) is 5.92 Å². The molecular formula is C18H20N2O4. The summed E-state index contributed by atoms with van der Waals surface area (Å²) >= 11 is 0. The third-order valence-corrected chi connectivity index (χ3v) is 5.80. The van der Waals surface area contributed by atoms with Crippen molar-refractivity contribution in [3.8, 4) is 0 Å². The van der Waals surface area contributed by atoms with Gasteiger partial charge in [-0.1, -0.05) is 12.1 Å². The number of nitrogens with zero attached hydrogens (tertiary/aromatic N) is 2. The number of rotatable bonds is 2. The molecule has 3 atom stereocenters. The van der Waals surface area contributed by atoms with Crippen molar-refractivity contribution in [1.29, 1.82) is 0 Å². The number of fused-ring (bicyclic) bond motifs is 2. The molecular weight excluding hydrogens is 308 g/mol. The van der Waals surface area contributed by atoms with Gasteiger partial charge in [0.2, 0.25) is 0 Å². The van der Waals surface area contributed by atoms with Crippen molar-refractivity contribution in [3.63, 3.8) is 0 Å². The number of piperidine rings is 1. The van der Waals surface area contributed by atoms with E-state index in [0.29, 0.717) is 25.1 Å². The van der Waals surface area contributed by atoms with Gasteiger partial charge in [0.25, 0.3) is 0 Å². The summed E-state index contributed by atoms with van der Waals surface area (Å²) in [6, 6.07) is 6.07. The molecule has 4 rings (SSSR count). The molecule has 1 unspecified atom stereocenters. The van der Waals surface area contributed by atoms with E-state index in [1.54, 1.807) is 11.6 Å². The van der Waals surface area contributed by atoms with Gasteiger partial charge in [0.1, 0.15) is 5.69 Å². The Balaban J connectivity index is 1.94. The maximum atomic E-state index is 11.8. The fraction of sp³-hybridized carbons (Fsp3) is 0.444. The average molecular weight is 328 g/mol. The van der Waals surface area contributed by atoms with Crippen LogP contribution in [0.1, 0.15) is 34.0 Å². The number of carbonyl (C=O) groups is 2. The van der Waals surface area contributed by atoms with Crippen LogP contribution in [0.2, 0.25) is 0 Å². The molecule has 0 spiro atoms. The Labute approximate surface area is 139 Å². The highest BCUT2D eigenvalue weighted by Gasteiger charge is 2.43. The van der Waals surface area contributed by atoms with Crippen LogP contribution in [0.5, 0.6) is 0 Å². The number of likely N-dealkylation sites (tertiary alicyclic amines) is 1. The molecule has 0 saturated carbocycles. The Morgan fingerprint density at radius 2 is 1.96 bits per heavy atom. The second kappa shape index (κ2) is 5.08. The lowest BCUT2D eigenvalue weighted by molar-refractivity contribution is -0.144. The van der Waals surface area contributed by atoms with E-state index in [1.807, 2.05) is 25.2 Å². The largest absolute Gasteiger partial charge is 0.481 e. The molecule has 2 N–H and O–H groups in total. The zero-order valence-electron chi connectivity index (χ0n) is 13.7. The Morgan fingerprint density at radius 1 is 1.21 bits per heavy atom. The summed E-state index contributed by atoms with van der Waals surface area (Å²) in [5.41, 5.74) is 3.25. The Kier molecular flexibility index (Phi) is 3.22. The molecule has 0 radical (unpaired) electrons. The number of likely N-dealkylation sites (N-methyl/N-ethyl adjacent to an activating group) is 1. The Bertz CT molecular complexity index is 870. The summed E-state index contributed by atoms with van der Waals surface area (Å²) < 4.78 is 1.75. The minimum absolute atomic E-state index is 0.130. The number of hydrogen-bond donors (Lipinski definition) is 2. The third-order valence-electron chi connectivity index (χ3n) is 5.80. The number of carboxylic acid groups (broad SMARTS) is 2. The monoisotopic (exact) mass is 328 g/mol. The summed E-state index contributed by atoms with van der Waals surface area (Å²) in [6.07, 6.45) is 1.27. The van der Waals surface area contributed by atoms with E-state index in [9.17, 15) is 19.8 Å². The first kappa shape index (κ1) is 15.2. The van der Waals surface area contributed by atoms with Gasteiger partial charge in [-0.15, -0.1) is 0 Å². The number of aliphatic carboxylic acids is 1. The van der Waals surface area contributed by atoms with E-state index in [0.717, 1.165) is 22.0 Å². The van der Waals surface area contributed by atoms with Crippen LogP contribution < -0.4 is 0 Å². The Morgan fingerprint density at radius 3 is 2.62 bits per heavy atom. The molecule has 24 heavy (non-hydrogen) atoms. The standard InChI is InChI=1S/C18H20N2O4/c1-19-8-9(17(21)22)6-11-10-4-3-5-13-15(10)12(7-14(11)19)16(18(23)24)20(13)2/h3-5,9,11,14H,6-8H2,1-2H3,(H,21,22)(H,23,24)/t9?,11-,14-/m1/s1. The lowest BCUT2D eigenvalue weighted by atomic mass is 9.72. The lowest BCUT2D eigenvalue weighted by Crippen LogP contribution is -2.49. The van der Waals surface area contributed by atoms with Crippen LogP contribution in [0.25, 0.3) is 10.9 Å². The maximum Gasteiger partial charge on any atom is 0.352 e. The first-order valence-electron chi connectivity index (χ1n) is 8.16. The first-order chi connectivity index (χ1) is 11.4. The number of aryl methyl sites for hydroxylation is 1. The first-order valence-corrected chi connectivity index (χ1v) is 8.16. The van der Waals surface area contributed by atoms with Crippen LogP contribution in [0.3, 0.4) is 0 Å². The third kappa shape index (κ3) is 1.92. The summed E-state index contributed by atoms with van der Waals surface area (Å²) in [7, 11) is 3.74. The Hall–Kier alpha value is -2.34. The molecule has 1 fully saturated rings. The topological polar surface area (TPSA) is 82.8 Å². The van der Waals surface area contributed by atoms with Crippen molar-refractivity contribution in [2.45, 2.75) is 24.8 Å². The predicted molar refractivity (Wildman–Crippen MR) is 88.5 cm³/mol. The highest BCUT2D eigenvalue weighted by molar-refractivity contribution is 6.00. The molecule has 1 aromatic heterocycles. The lowest BCUT2D eigenvalue weighted by Gasteiger charge is -2.44. The van der Waals surface area contributed by atoms with Gasteiger partial charge in [-0.3, -0.25) is 4.79 Å². The van der Waals surface area contributed by atoms with Crippen LogP contribution in [0.4, 0.5) is 0 Å². The second-order valence-corrected chi connectivity index (χ2v) is 7.02. The highest BCUT2D eigenvalue weighted by Crippen LogP contribution is 2.46. The number of benzene rings is 1. The molecule has 6 nitrogen and oxygen atoms in total.